The zero-order chi connectivity index (χ0) is 14.7. The van der Waals surface area contributed by atoms with Gasteiger partial charge in [0.25, 0.3) is 0 Å². The van der Waals surface area contributed by atoms with Crippen molar-refractivity contribution < 1.29 is 5.21 Å². The van der Waals surface area contributed by atoms with Gasteiger partial charge < -0.3 is 15.5 Å². The fourth-order valence-electron chi connectivity index (χ4n) is 2.49. The highest BCUT2D eigenvalue weighted by Gasteiger charge is 2.08. The van der Waals surface area contributed by atoms with Gasteiger partial charge in [0.2, 0.25) is 0 Å². The SMILES string of the molecule is N/C(=N/O)c1cccc2c1ccn2CCc1ccncc1. The van der Waals surface area contributed by atoms with Gasteiger partial charge >= 0.3 is 0 Å². The van der Waals surface area contributed by atoms with Crippen molar-refractivity contribution in [1.29, 1.82) is 0 Å². The van der Waals surface area contributed by atoms with Crippen molar-refractivity contribution >= 4 is 16.7 Å². The Labute approximate surface area is 122 Å². The number of nitrogens with zero attached hydrogens (tertiary/aromatic N) is 3. The van der Waals surface area contributed by atoms with E-state index in [1.54, 1.807) is 12.4 Å². The Kier molecular flexibility index (Phi) is 3.55. The number of aromatic nitrogens is 2. The zero-order valence-corrected chi connectivity index (χ0v) is 11.5. The van der Waals surface area contributed by atoms with Crippen LogP contribution in [-0.4, -0.2) is 20.6 Å². The molecule has 0 amide bonds. The lowest BCUT2D eigenvalue weighted by Gasteiger charge is -2.07. The molecule has 0 saturated carbocycles. The summed E-state index contributed by atoms with van der Waals surface area (Å²) in [6.07, 6.45) is 6.57. The summed E-state index contributed by atoms with van der Waals surface area (Å²) in [5.41, 5.74) is 8.79. The second-order valence-corrected chi connectivity index (χ2v) is 4.84. The fourth-order valence-corrected chi connectivity index (χ4v) is 2.49. The van der Waals surface area contributed by atoms with Crippen molar-refractivity contribution in [2.75, 3.05) is 0 Å². The second kappa shape index (κ2) is 5.66. The Bertz CT molecular complexity index is 777. The Morgan fingerprint density at radius 2 is 2.00 bits per heavy atom. The number of benzene rings is 1. The molecule has 0 aliphatic carbocycles. The molecule has 0 aliphatic rings. The molecular formula is C16H16N4O. The summed E-state index contributed by atoms with van der Waals surface area (Å²) in [4.78, 5) is 4.02. The van der Waals surface area contributed by atoms with E-state index in [4.69, 9.17) is 10.9 Å². The van der Waals surface area contributed by atoms with Crippen LogP contribution in [0.3, 0.4) is 0 Å². The minimum absolute atomic E-state index is 0.132. The summed E-state index contributed by atoms with van der Waals surface area (Å²) >= 11 is 0. The topological polar surface area (TPSA) is 76.4 Å². The maximum atomic E-state index is 8.86. The third kappa shape index (κ3) is 2.58. The van der Waals surface area contributed by atoms with Gasteiger partial charge in [-0.25, -0.2) is 0 Å². The number of rotatable bonds is 4. The molecule has 3 rings (SSSR count). The van der Waals surface area contributed by atoms with E-state index in [1.807, 2.05) is 42.6 Å². The van der Waals surface area contributed by atoms with E-state index in [9.17, 15) is 0 Å². The van der Waals surface area contributed by atoms with E-state index in [1.165, 1.54) is 5.56 Å². The van der Waals surface area contributed by atoms with Crippen molar-refractivity contribution in [1.82, 2.24) is 9.55 Å². The quantitative estimate of drug-likeness (QED) is 0.333. The van der Waals surface area contributed by atoms with Gasteiger partial charge in [0, 0.05) is 41.6 Å². The fraction of sp³-hybridized carbons (Fsp3) is 0.125. The molecule has 0 aliphatic heterocycles. The largest absolute Gasteiger partial charge is 0.409 e. The van der Waals surface area contributed by atoms with Crippen LogP contribution in [0.2, 0.25) is 0 Å². The van der Waals surface area contributed by atoms with Gasteiger partial charge in [0.15, 0.2) is 5.84 Å². The summed E-state index contributed by atoms with van der Waals surface area (Å²) < 4.78 is 2.17. The molecule has 0 bridgehead atoms. The van der Waals surface area contributed by atoms with Crippen molar-refractivity contribution in [2.45, 2.75) is 13.0 Å². The predicted octanol–water partition coefficient (Wildman–Crippen LogP) is 2.37. The van der Waals surface area contributed by atoms with E-state index >= 15 is 0 Å². The predicted molar refractivity (Wildman–Crippen MR) is 82.4 cm³/mol. The number of amidine groups is 1. The van der Waals surface area contributed by atoms with Crippen LogP contribution in [-0.2, 0) is 13.0 Å². The summed E-state index contributed by atoms with van der Waals surface area (Å²) in [6, 6.07) is 11.8. The molecule has 0 fully saturated rings. The molecule has 0 spiro atoms. The lowest BCUT2D eigenvalue weighted by molar-refractivity contribution is 0.318. The van der Waals surface area contributed by atoms with Gasteiger partial charge in [-0.05, 0) is 36.2 Å². The number of nitrogens with two attached hydrogens (primary N) is 1. The molecule has 5 heteroatoms. The molecule has 3 aromatic rings. The molecule has 1 aromatic carbocycles. The molecule has 0 saturated heterocycles. The molecule has 106 valence electrons. The van der Waals surface area contributed by atoms with Crippen LogP contribution >= 0.6 is 0 Å². The molecular weight excluding hydrogens is 264 g/mol. The normalized spacial score (nSPS) is 11.9. The summed E-state index contributed by atoms with van der Waals surface area (Å²) in [7, 11) is 0. The third-order valence-electron chi connectivity index (χ3n) is 3.59. The van der Waals surface area contributed by atoms with Gasteiger partial charge in [0.1, 0.15) is 0 Å². The van der Waals surface area contributed by atoms with E-state index < -0.39 is 0 Å². The highest BCUT2D eigenvalue weighted by Crippen LogP contribution is 2.20. The first kappa shape index (κ1) is 13.2. The van der Waals surface area contributed by atoms with Crippen LogP contribution < -0.4 is 5.73 Å². The minimum atomic E-state index is 0.132. The molecule has 0 radical (unpaired) electrons. The van der Waals surface area contributed by atoms with Crippen LogP contribution in [0.5, 0.6) is 0 Å². The maximum absolute atomic E-state index is 8.86. The lowest BCUT2D eigenvalue weighted by Crippen LogP contribution is -2.13. The Balaban J connectivity index is 1.91. The van der Waals surface area contributed by atoms with Gasteiger partial charge in [-0.1, -0.05) is 17.3 Å². The Morgan fingerprint density at radius 3 is 2.76 bits per heavy atom. The monoisotopic (exact) mass is 280 g/mol. The lowest BCUT2D eigenvalue weighted by atomic mass is 10.1. The molecule has 21 heavy (non-hydrogen) atoms. The van der Waals surface area contributed by atoms with Crippen LogP contribution in [0.25, 0.3) is 10.9 Å². The maximum Gasteiger partial charge on any atom is 0.170 e. The standard InChI is InChI=1S/C16H16N4O/c17-16(19-21)14-2-1-3-15-13(14)7-11-20(15)10-6-12-4-8-18-9-5-12/h1-5,7-9,11,21H,6,10H2,(H2,17,19). The molecule has 2 aromatic heterocycles. The first-order valence-corrected chi connectivity index (χ1v) is 6.74. The summed E-state index contributed by atoms with van der Waals surface area (Å²) in [5, 5.41) is 12.9. The smallest absolute Gasteiger partial charge is 0.170 e. The Morgan fingerprint density at radius 1 is 1.19 bits per heavy atom. The van der Waals surface area contributed by atoms with Crippen molar-refractivity contribution in [3.8, 4) is 0 Å². The number of pyridine rings is 1. The number of aryl methyl sites for hydroxylation is 2. The summed E-state index contributed by atoms with van der Waals surface area (Å²) in [6.45, 7) is 0.868. The first-order chi connectivity index (χ1) is 10.3. The van der Waals surface area contributed by atoms with Gasteiger partial charge in [-0.15, -0.1) is 0 Å². The molecule has 0 atom stereocenters. The summed E-state index contributed by atoms with van der Waals surface area (Å²) in [5.74, 6) is 0.132. The van der Waals surface area contributed by atoms with Gasteiger partial charge in [-0.2, -0.15) is 0 Å². The van der Waals surface area contributed by atoms with Crippen molar-refractivity contribution in [3.63, 3.8) is 0 Å². The van der Waals surface area contributed by atoms with E-state index in [0.717, 1.165) is 29.4 Å². The molecule has 3 N–H and O–H groups in total. The van der Waals surface area contributed by atoms with Crippen LogP contribution in [0.1, 0.15) is 11.1 Å². The highest BCUT2D eigenvalue weighted by atomic mass is 16.4. The highest BCUT2D eigenvalue weighted by molar-refractivity contribution is 6.08. The third-order valence-corrected chi connectivity index (χ3v) is 3.59. The Hall–Kier alpha value is -2.82. The average molecular weight is 280 g/mol. The van der Waals surface area contributed by atoms with E-state index in [-0.39, 0.29) is 5.84 Å². The number of fused-ring (bicyclic) bond motifs is 1. The average Bonchev–Trinajstić information content (AvgIpc) is 2.96. The van der Waals surface area contributed by atoms with Gasteiger partial charge in [0.05, 0.1) is 0 Å². The molecule has 5 nitrogen and oxygen atoms in total. The molecule has 2 heterocycles. The molecule has 0 unspecified atom stereocenters. The second-order valence-electron chi connectivity index (χ2n) is 4.84. The van der Waals surface area contributed by atoms with Gasteiger partial charge in [-0.3, -0.25) is 4.98 Å². The first-order valence-electron chi connectivity index (χ1n) is 6.74. The van der Waals surface area contributed by atoms with E-state index in [0.29, 0.717) is 0 Å². The van der Waals surface area contributed by atoms with Crippen LogP contribution in [0.15, 0.2) is 60.1 Å². The minimum Gasteiger partial charge on any atom is -0.409 e. The van der Waals surface area contributed by atoms with E-state index in [2.05, 4.69) is 14.7 Å². The number of hydrogen-bond acceptors (Lipinski definition) is 3. The van der Waals surface area contributed by atoms with Crippen molar-refractivity contribution in [2.24, 2.45) is 10.9 Å². The number of hydrogen-bond donors (Lipinski definition) is 2. The van der Waals surface area contributed by atoms with Crippen LogP contribution in [0, 0.1) is 0 Å². The zero-order valence-electron chi connectivity index (χ0n) is 11.5. The van der Waals surface area contributed by atoms with Crippen LogP contribution in [0.4, 0.5) is 0 Å². The number of oxime groups is 1. The van der Waals surface area contributed by atoms with Crippen molar-refractivity contribution in [3.05, 3.63) is 66.1 Å².